The van der Waals surface area contributed by atoms with E-state index in [0.29, 0.717) is 0 Å². The van der Waals surface area contributed by atoms with Gasteiger partial charge in [0.2, 0.25) is 0 Å². The minimum atomic E-state index is 0.266. The number of hydrogen-bond acceptors (Lipinski definition) is 2. The van der Waals surface area contributed by atoms with Crippen LogP contribution < -0.4 is 0 Å². The average Bonchev–Trinajstić information content (AvgIpc) is 2.24. The van der Waals surface area contributed by atoms with Crippen molar-refractivity contribution in [3.05, 3.63) is 11.6 Å². The summed E-state index contributed by atoms with van der Waals surface area (Å²) < 4.78 is 5.60. The van der Waals surface area contributed by atoms with Crippen LogP contribution >= 0.6 is 0 Å². The predicted octanol–water partition coefficient (Wildman–Crippen LogP) is 2.66. The first kappa shape index (κ1) is 11.7. The zero-order valence-corrected chi connectivity index (χ0v) is 9.17. The lowest BCUT2D eigenvalue weighted by molar-refractivity contribution is 0.0653. The Bertz CT molecular complexity index is 175. The van der Waals surface area contributed by atoms with Crippen molar-refractivity contribution < 1.29 is 9.84 Å². The van der Waals surface area contributed by atoms with Crippen molar-refractivity contribution in [3.8, 4) is 0 Å². The van der Waals surface area contributed by atoms with Crippen LogP contribution in [-0.4, -0.2) is 24.4 Å². The Labute approximate surface area is 87.0 Å². The number of aliphatic hydroxyl groups is 1. The van der Waals surface area contributed by atoms with Gasteiger partial charge < -0.3 is 9.84 Å². The lowest BCUT2D eigenvalue weighted by Gasteiger charge is -2.21. The molecule has 1 unspecified atom stereocenters. The zero-order valence-electron chi connectivity index (χ0n) is 9.17. The second-order valence-electron chi connectivity index (χ2n) is 3.95. The second kappa shape index (κ2) is 7.02. The summed E-state index contributed by atoms with van der Waals surface area (Å²) in [5.74, 6) is 0. The molecule has 0 aliphatic carbocycles. The third-order valence-corrected chi connectivity index (χ3v) is 2.67. The van der Waals surface area contributed by atoms with Crippen molar-refractivity contribution in [2.75, 3.05) is 13.2 Å². The molecule has 1 heterocycles. The lowest BCUT2D eigenvalue weighted by atomic mass is 10.0. The van der Waals surface area contributed by atoms with E-state index in [4.69, 9.17) is 9.84 Å². The molecule has 0 aromatic heterocycles. The van der Waals surface area contributed by atoms with Crippen molar-refractivity contribution >= 4 is 0 Å². The molecule has 1 N–H and O–H groups in total. The largest absolute Gasteiger partial charge is 0.396 e. The van der Waals surface area contributed by atoms with Gasteiger partial charge in [-0.2, -0.15) is 0 Å². The van der Waals surface area contributed by atoms with Crippen LogP contribution in [0.5, 0.6) is 0 Å². The topological polar surface area (TPSA) is 29.5 Å². The van der Waals surface area contributed by atoms with Gasteiger partial charge in [-0.05, 0) is 32.1 Å². The summed E-state index contributed by atoms with van der Waals surface area (Å²) in [6.45, 7) is 3.37. The fourth-order valence-electron chi connectivity index (χ4n) is 1.81. The molecule has 2 nitrogen and oxygen atoms in total. The number of unbranched alkanes of at least 4 members (excludes halogenated alkanes) is 1. The van der Waals surface area contributed by atoms with Crippen LogP contribution in [-0.2, 0) is 4.74 Å². The van der Waals surface area contributed by atoms with Gasteiger partial charge in [0.25, 0.3) is 0 Å². The van der Waals surface area contributed by atoms with Gasteiger partial charge in [0.1, 0.15) is 0 Å². The van der Waals surface area contributed by atoms with Crippen molar-refractivity contribution in [1.82, 2.24) is 0 Å². The van der Waals surface area contributed by atoms with Crippen LogP contribution in [0, 0.1) is 0 Å². The minimum absolute atomic E-state index is 0.266. The molecule has 0 bridgehead atoms. The Morgan fingerprint density at radius 2 is 2.36 bits per heavy atom. The van der Waals surface area contributed by atoms with Gasteiger partial charge in [-0.1, -0.05) is 25.0 Å². The van der Waals surface area contributed by atoms with Crippen LogP contribution in [0.1, 0.15) is 45.4 Å². The van der Waals surface area contributed by atoms with Gasteiger partial charge in [0.15, 0.2) is 0 Å². The molecule has 0 saturated carbocycles. The number of hydrogen-bond donors (Lipinski definition) is 1. The molecule has 0 spiro atoms. The van der Waals surface area contributed by atoms with Crippen LogP contribution in [0.15, 0.2) is 11.6 Å². The van der Waals surface area contributed by atoms with E-state index in [1.54, 1.807) is 5.57 Å². The van der Waals surface area contributed by atoms with Gasteiger partial charge in [-0.25, -0.2) is 0 Å². The summed E-state index contributed by atoms with van der Waals surface area (Å²) >= 11 is 0. The van der Waals surface area contributed by atoms with E-state index in [0.717, 1.165) is 25.9 Å². The average molecular weight is 198 g/mol. The van der Waals surface area contributed by atoms with Gasteiger partial charge in [0, 0.05) is 6.61 Å². The molecule has 1 rings (SSSR count). The van der Waals surface area contributed by atoms with Crippen molar-refractivity contribution in [3.63, 3.8) is 0 Å². The maximum absolute atomic E-state index is 8.73. The number of rotatable bonds is 6. The highest BCUT2D eigenvalue weighted by Crippen LogP contribution is 2.20. The summed E-state index contributed by atoms with van der Waals surface area (Å²) in [4.78, 5) is 0. The molecule has 0 radical (unpaired) electrons. The highest BCUT2D eigenvalue weighted by atomic mass is 16.5. The standard InChI is InChI=1S/C12H22O2/c1-2-3-5-11-7-9-14-12(10-11)6-4-8-13/h10,12-13H,2-9H2,1H3. The normalized spacial score (nSPS) is 22.1. The van der Waals surface area contributed by atoms with Gasteiger partial charge in [-0.3, -0.25) is 0 Å². The maximum atomic E-state index is 8.73. The third kappa shape index (κ3) is 4.25. The maximum Gasteiger partial charge on any atom is 0.0759 e. The van der Waals surface area contributed by atoms with Crippen LogP contribution in [0.3, 0.4) is 0 Å². The Morgan fingerprint density at radius 3 is 3.07 bits per heavy atom. The van der Waals surface area contributed by atoms with E-state index in [1.165, 1.54) is 19.3 Å². The zero-order chi connectivity index (χ0) is 10.2. The van der Waals surface area contributed by atoms with E-state index in [1.807, 2.05) is 0 Å². The molecule has 0 aromatic rings. The second-order valence-corrected chi connectivity index (χ2v) is 3.95. The van der Waals surface area contributed by atoms with Crippen LogP contribution in [0.4, 0.5) is 0 Å². The molecule has 1 atom stereocenters. The van der Waals surface area contributed by atoms with Gasteiger partial charge in [-0.15, -0.1) is 0 Å². The molecule has 0 amide bonds. The Kier molecular flexibility index (Phi) is 5.88. The molecule has 1 aliphatic rings. The van der Waals surface area contributed by atoms with E-state index in [2.05, 4.69) is 13.0 Å². The molecule has 0 saturated heterocycles. The SMILES string of the molecule is CCCCC1=CC(CCCO)OCC1. The number of aliphatic hydroxyl groups excluding tert-OH is 1. The van der Waals surface area contributed by atoms with Crippen LogP contribution in [0.25, 0.3) is 0 Å². The van der Waals surface area contributed by atoms with Crippen molar-refractivity contribution in [2.24, 2.45) is 0 Å². The van der Waals surface area contributed by atoms with Crippen LogP contribution in [0.2, 0.25) is 0 Å². The van der Waals surface area contributed by atoms with E-state index in [-0.39, 0.29) is 12.7 Å². The van der Waals surface area contributed by atoms with E-state index in [9.17, 15) is 0 Å². The smallest absolute Gasteiger partial charge is 0.0759 e. The monoisotopic (exact) mass is 198 g/mol. The lowest BCUT2D eigenvalue weighted by Crippen LogP contribution is -2.17. The van der Waals surface area contributed by atoms with E-state index >= 15 is 0 Å². The summed E-state index contributed by atoms with van der Waals surface area (Å²) in [5, 5.41) is 8.73. The first-order valence-corrected chi connectivity index (χ1v) is 5.79. The molecule has 0 aromatic carbocycles. The third-order valence-electron chi connectivity index (χ3n) is 2.67. The summed E-state index contributed by atoms with van der Waals surface area (Å²) in [7, 11) is 0. The van der Waals surface area contributed by atoms with Crippen molar-refractivity contribution in [2.45, 2.75) is 51.6 Å². The van der Waals surface area contributed by atoms with Crippen molar-refractivity contribution in [1.29, 1.82) is 0 Å². The fraction of sp³-hybridized carbons (Fsp3) is 0.833. The molecule has 82 valence electrons. The molecule has 14 heavy (non-hydrogen) atoms. The molecular formula is C12H22O2. The Hall–Kier alpha value is -0.340. The Balaban J connectivity index is 2.30. The molecular weight excluding hydrogens is 176 g/mol. The van der Waals surface area contributed by atoms with Gasteiger partial charge in [0.05, 0.1) is 12.7 Å². The van der Waals surface area contributed by atoms with E-state index < -0.39 is 0 Å². The molecule has 2 heteroatoms. The number of ether oxygens (including phenoxy) is 1. The summed E-state index contributed by atoms with van der Waals surface area (Å²) in [6.07, 6.45) is 9.24. The Morgan fingerprint density at radius 1 is 1.50 bits per heavy atom. The quantitative estimate of drug-likeness (QED) is 0.665. The summed E-state index contributed by atoms with van der Waals surface area (Å²) in [5.41, 5.74) is 1.56. The van der Waals surface area contributed by atoms with Gasteiger partial charge >= 0.3 is 0 Å². The first-order chi connectivity index (χ1) is 6.86. The summed E-state index contributed by atoms with van der Waals surface area (Å²) in [6, 6.07) is 0. The highest BCUT2D eigenvalue weighted by molar-refractivity contribution is 5.08. The molecule has 1 aliphatic heterocycles. The minimum Gasteiger partial charge on any atom is -0.396 e. The highest BCUT2D eigenvalue weighted by Gasteiger charge is 2.12. The first-order valence-electron chi connectivity index (χ1n) is 5.79. The molecule has 0 fully saturated rings. The predicted molar refractivity (Wildman–Crippen MR) is 58.3 cm³/mol. The fourth-order valence-corrected chi connectivity index (χ4v) is 1.81.